The summed E-state index contributed by atoms with van der Waals surface area (Å²) < 4.78 is 0. The number of thiocarbonyl (C=S) groups is 1. The van der Waals surface area contributed by atoms with Crippen LogP contribution in [0, 0.1) is 0 Å². The van der Waals surface area contributed by atoms with Crippen LogP contribution in [0.3, 0.4) is 0 Å². The summed E-state index contributed by atoms with van der Waals surface area (Å²) in [6.07, 6.45) is 4.14. The molecule has 7 nitrogen and oxygen atoms in total. The summed E-state index contributed by atoms with van der Waals surface area (Å²) in [6, 6.07) is 21.5. The van der Waals surface area contributed by atoms with Crippen molar-refractivity contribution in [1.29, 1.82) is 0 Å². The molecule has 192 valence electrons. The van der Waals surface area contributed by atoms with E-state index in [1.165, 1.54) is 16.5 Å². The van der Waals surface area contributed by atoms with Gasteiger partial charge in [-0.1, -0.05) is 36.4 Å². The van der Waals surface area contributed by atoms with E-state index in [1.807, 2.05) is 37.2 Å². The van der Waals surface area contributed by atoms with Gasteiger partial charge in [-0.05, 0) is 62.2 Å². The molecule has 0 unspecified atom stereocenters. The first kappa shape index (κ1) is 25.0. The number of rotatable bonds is 6. The van der Waals surface area contributed by atoms with E-state index in [0.29, 0.717) is 23.1 Å². The fourth-order valence-corrected chi connectivity index (χ4v) is 5.43. The fourth-order valence-electron chi connectivity index (χ4n) is 5.16. The first-order chi connectivity index (χ1) is 17.9. The minimum absolute atomic E-state index is 0.346. The molecule has 1 fully saturated rings. The normalized spacial score (nSPS) is 17.4. The SMILES string of the molecule is CN(C)c1nc(NC2CCC(NC(=S)Nc3ccc(N(C)C)c4ccccc34)CC2)nc2ccccc12. The van der Waals surface area contributed by atoms with Crippen LogP contribution in [-0.2, 0) is 0 Å². The Hall–Kier alpha value is -3.65. The van der Waals surface area contributed by atoms with Crippen LogP contribution in [0.4, 0.5) is 23.1 Å². The third kappa shape index (κ3) is 5.54. The molecule has 0 radical (unpaired) electrons. The van der Waals surface area contributed by atoms with Gasteiger partial charge in [0.2, 0.25) is 5.95 Å². The molecule has 0 bridgehead atoms. The summed E-state index contributed by atoms with van der Waals surface area (Å²) in [7, 11) is 8.18. The minimum atomic E-state index is 0.346. The summed E-state index contributed by atoms with van der Waals surface area (Å²) in [5.41, 5.74) is 3.18. The largest absolute Gasteiger partial charge is 0.377 e. The second kappa shape index (κ2) is 10.8. The van der Waals surface area contributed by atoms with Crippen molar-refractivity contribution in [3.8, 4) is 0 Å². The standard InChI is InChI=1S/C29H35N7S/c1-35(2)26-18-17-25(21-9-5-6-10-22(21)26)33-29(37)31-20-15-13-19(14-16-20)30-28-32-24-12-8-7-11-23(24)27(34-28)36(3)4/h5-12,17-20H,13-16H2,1-4H3,(H,30,32,34)(H2,31,33,37). The Balaban J connectivity index is 1.19. The van der Waals surface area contributed by atoms with Crippen molar-refractivity contribution >= 4 is 62.1 Å². The monoisotopic (exact) mass is 513 g/mol. The van der Waals surface area contributed by atoms with Crippen molar-refractivity contribution < 1.29 is 0 Å². The first-order valence-electron chi connectivity index (χ1n) is 12.9. The number of nitrogens with zero attached hydrogens (tertiary/aromatic N) is 4. The second-order valence-electron chi connectivity index (χ2n) is 10.1. The molecule has 4 aromatic rings. The van der Waals surface area contributed by atoms with Crippen molar-refractivity contribution in [2.45, 2.75) is 37.8 Å². The van der Waals surface area contributed by atoms with Gasteiger partial charge in [0.05, 0.1) is 5.52 Å². The highest BCUT2D eigenvalue weighted by molar-refractivity contribution is 7.80. The molecule has 1 aromatic heterocycles. The number of nitrogens with one attached hydrogen (secondary N) is 3. The zero-order chi connectivity index (χ0) is 25.9. The van der Waals surface area contributed by atoms with Gasteiger partial charge in [-0.2, -0.15) is 4.98 Å². The molecular formula is C29H35N7S. The van der Waals surface area contributed by atoms with Gasteiger partial charge < -0.3 is 25.8 Å². The molecule has 3 N–H and O–H groups in total. The van der Waals surface area contributed by atoms with Gasteiger partial charge in [-0.3, -0.25) is 0 Å². The van der Waals surface area contributed by atoms with Crippen molar-refractivity contribution in [2.24, 2.45) is 0 Å². The number of hydrogen-bond donors (Lipinski definition) is 3. The van der Waals surface area contributed by atoms with E-state index in [9.17, 15) is 0 Å². The molecular weight excluding hydrogens is 478 g/mol. The lowest BCUT2D eigenvalue weighted by Gasteiger charge is -2.30. The highest BCUT2D eigenvalue weighted by atomic mass is 32.1. The average molecular weight is 514 g/mol. The van der Waals surface area contributed by atoms with Crippen LogP contribution in [0.5, 0.6) is 0 Å². The zero-order valence-electron chi connectivity index (χ0n) is 22.0. The van der Waals surface area contributed by atoms with Crippen molar-refractivity contribution in [3.63, 3.8) is 0 Å². The first-order valence-corrected chi connectivity index (χ1v) is 13.3. The topological polar surface area (TPSA) is 68.4 Å². The molecule has 37 heavy (non-hydrogen) atoms. The van der Waals surface area contributed by atoms with Gasteiger partial charge in [0.15, 0.2) is 5.11 Å². The molecule has 0 aliphatic heterocycles. The quantitative estimate of drug-likeness (QED) is 0.287. The predicted molar refractivity (Wildman–Crippen MR) is 161 cm³/mol. The van der Waals surface area contributed by atoms with Crippen molar-refractivity contribution in [2.75, 3.05) is 48.6 Å². The summed E-state index contributed by atoms with van der Waals surface area (Å²) >= 11 is 5.71. The van der Waals surface area contributed by atoms with Crippen LogP contribution < -0.4 is 25.8 Å². The third-order valence-electron chi connectivity index (χ3n) is 7.03. The van der Waals surface area contributed by atoms with Crippen LogP contribution in [0.1, 0.15) is 25.7 Å². The molecule has 0 amide bonds. The number of fused-ring (bicyclic) bond motifs is 2. The van der Waals surface area contributed by atoms with E-state index < -0.39 is 0 Å². The van der Waals surface area contributed by atoms with Gasteiger partial charge in [-0.15, -0.1) is 0 Å². The number of anilines is 4. The van der Waals surface area contributed by atoms with E-state index in [-0.39, 0.29) is 0 Å². The number of hydrogen-bond acceptors (Lipinski definition) is 6. The Bertz CT molecular complexity index is 1410. The zero-order valence-corrected chi connectivity index (χ0v) is 22.8. The maximum absolute atomic E-state index is 5.71. The van der Waals surface area contributed by atoms with E-state index in [2.05, 4.69) is 77.4 Å². The molecule has 0 spiro atoms. The highest BCUT2D eigenvalue weighted by Crippen LogP contribution is 2.32. The lowest BCUT2D eigenvalue weighted by atomic mass is 9.91. The number of benzene rings is 3. The Morgan fingerprint density at radius 3 is 2.11 bits per heavy atom. The number of aromatic nitrogens is 2. The van der Waals surface area contributed by atoms with E-state index in [0.717, 1.165) is 48.1 Å². The molecule has 1 aliphatic rings. The Kier molecular flexibility index (Phi) is 7.28. The molecule has 1 aliphatic carbocycles. The molecule has 1 heterocycles. The molecule has 5 rings (SSSR count). The molecule has 3 aromatic carbocycles. The summed E-state index contributed by atoms with van der Waals surface area (Å²) in [5.74, 6) is 1.63. The maximum Gasteiger partial charge on any atom is 0.225 e. The Morgan fingerprint density at radius 2 is 1.41 bits per heavy atom. The van der Waals surface area contributed by atoms with Gasteiger partial charge in [0, 0.05) is 67.8 Å². The lowest BCUT2D eigenvalue weighted by Crippen LogP contribution is -2.42. The Morgan fingerprint density at radius 1 is 0.757 bits per heavy atom. The number of para-hydroxylation sites is 1. The smallest absolute Gasteiger partial charge is 0.225 e. The van der Waals surface area contributed by atoms with Crippen LogP contribution in [0.15, 0.2) is 60.7 Å². The van der Waals surface area contributed by atoms with E-state index in [1.54, 1.807) is 0 Å². The predicted octanol–water partition coefficient (Wildman–Crippen LogP) is 5.62. The van der Waals surface area contributed by atoms with Crippen LogP contribution in [-0.4, -0.2) is 55.4 Å². The molecule has 8 heteroatoms. The molecule has 1 saturated carbocycles. The minimum Gasteiger partial charge on any atom is -0.377 e. The summed E-state index contributed by atoms with van der Waals surface area (Å²) in [4.78, 5) is 13.8. The van der Waals surface area contributed by atoms with Crippen LogP contribution >= 0.6 is 12.2 Å². The van der Waals surface area contributed by atoms with Gasteiger partial charge >= 0.3 is 0 Å². The summed E-state index contributed by atoms with van der Waals surface area (Å²) in [5, 5.41) is 14.7. The van der Waals surface area contributed by atoms with Gasteiger partial charge in [0.25, 0.3) is 0 Å². The van der Waals surface area contributed by atoms with Crippen LogP contribution in [0.2, 0.25) is 0 Å². The fraction of sp³-hybridized carbons (Fsp3) is 0.345. The molecule has 0 atom stereocenters. The van der Waals surface area contributed by atoms with Crippen molar-refractivity contribution in [3.05, 3.63) is 60.7 Å². The lowest BCUT2D eigenvalue weighted by molar-refractivity contribution is 0.387. The second-order valence-corrected chi connectivity index (χ2v) is 10.6. The maximum atomic E-state index is 5.71. The van der Waals surface area contributed by atoms with E-state index >= 15 is 0 Å². The highest BCUT2D eigenvalue weighted by Gasteiger charge is 2.23. The van der Waals surface area contributed by atoms with Crippen LogP contribution in [0.25, 0.3) is 21.7 Å². The molecule has 0 saturated heterocycles. The third-order valence-corrected chi connectivity index (χ3v) is 7.25. The van der Waals surface area contributed by atoms with Gasteiger partial charge in [0.1, 0.15) is 5.82 Å². The van der Waals surface area contributed by atoms with Gasteiger partial charge in [-0.25, -0.2) is 4.98 Å². The van der Waals surface area contributed by atoms with E-state index in [4.69, 9.17) is 22.2 Å². The average Bonchev–Trinajstić information content (AvgIpc) is 2.89. The summed E-state index contributed by atoms with van der Waals surface area (Å²) in [6.45, 7) is 0. The van der Waals surface area contributed by atoms with Crippen molar-refractivity contribution in [1.82, 2.24) is 15.3 Å². The Labute approximate surface area is 224 Å².